The summed E-state index contributed by atoms with van der Waals surface area (Å²) in [5.41, 5.74) is 0.693. The van der Waals surface area contributed by atoms with Crippen LogP contribution in [0.25, 0.3) is 10.9 Å². The summed E-state index contributed by atoms with van der Waals surface area (Å²) in [7, 11) is -0.173. The second kappa shape index (κ2) is 9.34. The molecule has 176 valence electrons. The van der Waals surface area contributed by atoms with E-state index in [4.69, 9.17) is 19.4 Å². The molecule has 0 aliphatic carbocycles. The van der Waals surface area contributed by atoms with Crippen molar-refractivity contribution in [3.63, 3.8) is 0 Å². The van der Waals surface area contributed by atoms with E-state index in [0.29, 0.717) is 22.8 Å². The zero-order chi connectivity index (χ0) is 22.9. The van der Waals surface area contributed by atoms with E-state index in [9.17, 15) is 18.6 Å². The van der Waals surface area contributed by atoms with Gasteiger partial charge in [-0.1, -0.05) is 0 Å². The molecule has 0 unspecified atom stereocenters. The molecule has 2 aliphatic rings. The number of rotatable bonds is 8. The normalized spacial score (nSPS) is 22.7. The van der Waals surface area contributed by atoms with Gasteiger partial charge in [-0.15, -0.1) is 0 Å². The van der Waals surface area contributed by atoms with Gasteiger partial charge in [0.1, 0.15) is 11.6 Å². The zero-order valence-electron chi connectivity index (χ0n) is 18.4. The van der Waals surface area contributed by atoms with Gasteiger partial charge in [0.2, 0.25) is 0 Å². The lowest BCUT2D eigenvalue weighted by atomic mass is 10.1. The number of benzene rings is 1. The molecule has 0 bridgehead atoms. The van der Waals surface area contributed by atoms with Crippen molar-refractivity contribution in [1.29, 1.82) is 0 Å². The number of ether oxygens (including phenoxy) is 2. The minimum Gasteiger partial charge on any atom is -0.493 e. The van der Waals surface area contributed by atoms with Crippen LogP contribution in [0.15, 0.2) is 12.1 Å². The Morgan fingerprint density at radius 3 is 2.41 bits per heavy atom. The lowest BCUT2D eigenvalue weighted by Gasteiger charge is -2.29. The summed E-state index contributed by atoms with van der Waals surface area (Å²) in [6.45, 7) is 2.03. The SMILES string of the molecule is COc1cc2nc(CN(CCO)[C@@H]3CS(=O)(=O)C[C@H]3O)nc(N3CCCC3)c2cc1OC. The maximum absolute atomic E-state index is 12.0. The first-order valence-corrected chi connectivity index (χ1v) is 12.6. The van der Waals surface area contributed by atoms with Crippen molar-refractivity contribution in [3.8, 4) is 11.5 Å². The molecule has 3 heterocycles. The Balaban J connectivity index is 1.75. The van der Waals surface area contributed by atoms with E-state index in [0.717, 1.165) is 37.1 Å². The topological polar surface area (TPSA) is 125 Å². The zero-order valence-corrected chi connectivity index (χ0v) is 19.2. The molecule has 0 radical (unpaired) electrons. The summed E-state index contributed by atoms with van der Waals surface area (Å²) in [6, 6.07) is 3.08. The van der Waals surface area contributed by atoms with Crippen LogP contribution in [0.3, 0.4) is 0 Å². The first-order valence-electron chi connectivity index (χ1n) is 10.8. The van der Waals surface area contributed by atoms with E-state index in [1.165, 1.54) is 0 Å². The van der Waals surface area contributed by atoms with Gasteiger partial charge in [-0.2, -0.15) is 0 Å². The van der Waals surface area contributed by atoms with Gasteiger partial charge < -0.3 is 24.6 Å². The number of hydrogen-bond acceptors (Lipinski definition) is 10. The molecule has 2 saturated heterocycles. The van der Waals surface area contributed by atoms with E-state index < -0.39 is 22.0 Å². The lowest BCUT2D eigenvalue weighted by Crippen LogP contribution is -2.44. The van der Waals surface area contributed by atoms with Crippen LogP contribution in [0.4, 0.5) is 5.82 Å². The van der Waals surface area contributed by atoms with Crippen LogP contribution in [0.5, 0.6) is 11.5 Å². The van der Waals surface area contributed by atoms with Gasteiger partial charge in [0.05, 0.1) is 56.5 Å². The minimum absolute atomic E-state index is 0.147. The Morgan fingerprint density at radius 1 is 1.12 bits per heavy atom. The Hall–Kier alpha value is -2.21. The highest BCUT2D eigenvalue weighted by atomic mass is 32.2. The molecule has 0 amide bonds. The van der Waals surface area contributed by atoms with Crippen molar-refractivity contribution in [1.82, 2.24) is 14.9 Å². The fourth-order valence-corrected chi connectivity index (χ4v) is 6.39. The maximum Gasteiger partial charge on any atom is 0.162 e. The van der Waals surface area contributed by atoms with Crippen LogP contribution in [0.2, 0.25) is 0 Å². The highest BCUT2D eigenvalue weighted by Gasteiger charge is 2.40. The molecule has 4 rings (SSSR count). The van der Waals surface area contributed by atoms with Crippen LogP contribution in [0.1, 0.15) is 18.7 Å². The first-order chi connectivity index (χ1) is 15.3. The van der Waals surface area contributed by atoms with Crippen LogP contribution < -0.4 is 14.4 Å². The summed E-state index contributed by atoms with van der Waals surface area (Å²) in [5, 5.41) is 20.8. The molecule has 10 nitrogen and oxygen atoms in total. The number of anilines is 1. The quantitative estimate of drug-likeness (QED) is 0.557. The molecule has 32 heavy (non-hydrogen) atoms. The number of aliphatic hydroxyl groups is 2. The summed E-state index contributed by atoms with van der Waals surface area (Å²) < 4.78 is 35.0. The van der Waals surface area contributed by atoms with Crippen molar-refractivity contribution < 1.29 is 28.1 Å². The van der Waals surface area contributed by atoms with Gasteiger partial charge in [-0.25, -0.2) is 18.4 Å². The standard InChI is InChI=1S/C21H30N4O6S/c1-30-18-9-14-15(10-19(18)31-2)22-20(23-21(14)24-5-3-4-6-24)11-25(7-8-26)16-12-32(28,29)13-17(16)27/h9-10,16-17,26-27H,3-8,11-13H2,1-2H3/t16-,17-/m1/s1. The Bertz CT molecular complexity index is 1070. The molecule has 2 aliphatic heterocycles. The van der Waals surface area contributed by atoms with Crippen molar-refractivity contribution >= 4 is 26.6 Å². The third kappa shape index (κ3) is 4.61. The predicted molar refractivity (Wildman–Crippen MR) is 120 cm³/mol. The fourth-order valence-electron chi connectivity index (χ4n) is 4.56. The molecule has 0 saturated carbocycles. The number of sulfone groups is 1. The molecule has 1 aromatic heterocycles. The van der Waals surface area contributed by atoms with E-state index in [1.54, 1.807) is 19.1 Å². The van der Waals surface area contributed by atoms with Crippen LogP contribution in [-0.4, -0.2) is 97.6 Å². The minimum atomic E-state index is -3.33. The Morgan fingerprint density at radius 2 is 1.81 bits per heavy atom. The number of aliphatic hydroxyl groups excluding tert-OH is 2. The number of methoxy groups -OCH3 is 2. The van der Waals surface area contributed by atoms with Gasteiger partial charge >= 0.3 is 0 Å². The molecule has 2 fully saturated rings. The van der Waals surface area contributed by atoms with E-state index in [2.05, 4.69) is 4.90 Å². The van der Waals surface area contributed by atoms with E-state index >= 15 is 0 Å². The molecule has 2 atom stereocenters. The molecule has 2 N–H and O–H groups in total. The highest BCUT2D eigenvalue weighted by molar-refractivity contribution is 7.91. The second-order valence-electron chi connectivity index (χ2n) is 8.29. The van der Waals surface area contributed by atoms with Crippen molar-refractivity contribution in [2.75, 3.05) is 56.9 Å². The lowest BCUT2D eigenvalue weighted by molar-refractivity contribution is 0.0640. The molecule has 11 heteroatoms. The smallest absolute Gasteiger partial charge is 0.162 e. The fraction of sp³-hybridized carbons (Fsp3) is 0.619. The van der Waals surface area contributed by atoms with Gasteiger partial charge in [0.15, 0.2) is 21.3 Å². The Labute approximate surface area is 187 Å². The molecule has 2 aromatic rings. The monoisotopic (exact) mass is 466 g/mol. The van der Waals surface area contributed by atoms with Crippen LogP contribution >= 0.6 is 0 Å². The molecule has 0 spiro atoms. The van der Waals surface area contributed by atoms with E-state index in [1.807, 2.05) is 12.1 Å². The van der Waals surface area contributed by atoms with E-state index in [-0.39, 0.29) is 31.2 Å². The third-order valence-corrected chi connectivity index (χ3v) is 7.83. The van der Waals surface area contributed by atoms with Gasteiger partial charge in [0.25, 0.3) is 0 Å². The highest BCUT2D eigenvalue weighted by Crippen LogP contribution is 2.36. The second-order valence-corrected chi connectivity index (χ2v) is 10.4. The number of hydrogen-bond donors (Lipinski definition) is 2. The number of aromatic nitrogens is 2. The van der Waals surface area contributed by atoms with Crippen LogP contribution in [-0.2, 0) is 16.4 Å². The summed E-state index contributed by atoms with van der Waals surface area (Å²) >= 11 is 0. The largest absolute Gasteiger partial charge is 0.493 e. The number of fused-ring (bicyclic) bond motifs is 1. The average Bonchev–Trinajstić information content (AvgIpc) is 3.39. The molecular formula is C21H30N4O6S. The average molecular weight is 467 g/mol. The van der Waals surface area contributed by atoms with Gasteiger partial charge in [-0.05, 0) is 18.9 Å². The Kier molecular flexibility index (Phi) is 6.70. The molecular weight excluding hydrogens is 436 g/mol. The van der Waals surface area contributed by atoms with Crippen molar-refractivity contribution in [2.24, 2.45) is 0 Å². The summed E-state index contributed by atoms with van der Waals surface area (Å²) in [4.78, 5) is 13.5. The first kappa shape index (κ1) is 23.0. The number of nitrogens with zero attached hydrogens (tertiary/aromatic N) is 4. The summed E-state index contributed by atoms with van der Waals surface area (Å²) in [5.74, 6) is 2.03. The van der Waals surface area contributed by atoms with Crippen LogP contribution in [0, 0.1) is 0 Å². The van der Waals surface area contributed by atoms with Gasteiger partial charge in [0, 0.05) is 31.1 Å². The van der Waals surface area contributed by atoms with Crippen molar-refractivity contribution in [3.05, 3.63) is 18.0 Å². The predicted octanol–water partition coefficient (Wildman–Crippen LogP) is 0.199. The molecule has 1 aromatic carbocycles. The van der Waals surface area contributed by atoms with Crippen molar-refractivity contribution in [2.45, 2.75) is 31.5 Å². The third-order valence-electron chi connectivity index (χ3n) is 6.13. The summed E-state index contributed by atoms with van der Waals surface area (Å²) in [6.07, 6.45) is 1.16. The van der Waals surface area contributed by atoms with Gasteiger partial charge in [-0.3, -0.25) is 4.90 Å². The maximum atomic E-state index is 12.0.